The van der Waals surface area contributed by atoms with E-state index in [4.69, 9.17) is 0 Å². The van der Waals surface area contributed by atoms with Gasteiger partial charge in [0.1, 0.15) is 7.85 Å². The fourth-order valence-corrected chi connectivity index (χ4v) is 6.27. The minimum absolute atomic E-state index is 0.0946. The largest absolute Gasteiger partial charge is 0.274 e. The summed E-state index contributed by atoms with van der Waals surface area (Å²) < 4.78 is 0.739. The molecule has 1 heterocycles. The first kappa shape index (κ1) is 32.1. The molecule has 5 heteroatoms. The summed E-state index contributed by atoms with van der Waals surface area (Å²) in [5.74, 6) is 0.206. The summed E-state index contributed by atoms with van der Waals surface area (Å²) >= 11 is 3.51. The maximum Gasteiger partial charge on any atom is 0.262 e. The van der Waals surface area contributed by atoms with E-state index in [0.717, 1.165) is 22.8 Å². The second-order valence-corrected chi connectivity index (χ2v) is 12.3. The number of carbonyl (C=O) groups excluding carboxylic acids is 2. The molecule has 37 heavy (non-hydrogen) atoms. The monoisotopic (exact) mass is 573 g/mol. The lowest BCUT2D eigenvalue weighted by Gasteiger charge is -2.23. The molecule has 1 unspecified atom stereocenters. The van der Waals surface area contributed by atoms with E-state index in [1.807, 2.05) is 20.0 Å². The van der Waals surface area contributed by atoms with Crippen LogP contribution in [-0.4, -0.2) is 31.1 Å². The van der Waals surface area contributed by atoms with Gasteiger partial charge in [0.25, 0.3) is 11.8 Å². The number of amides is 2. The Kier molecular flexibility index (Phi) is 16.5. The van der Waals surface area contributed by atoms with E-state index in [2.05, 4.69) is 29.8 Å². The molecular formula is C32H53BBrNO2. The minimum Gasteiger partial charge on any atom is -0.274 e. The summed E-state index contributed by atoms with van der Waals surface area (Å²) in [5.41, 5.74) is 2.06. The maximum atomic E-state index is 13.2. The Labute approximate surface area is 237 Å². The smallest absolute Gasteiger partial charge is 0.262 e. The average Bonchev–Trinajstić information content (AvgIpc) is 3.14. The van der Waals surface area contributed by atoms with E-state index in [1.54, 1.807) is 4.90 Å². The van der Waals surface area contributed by atoms with Crippen LogP contribution in [0.3, 0.4) is 0 Å². The molecule has 1 aliphatic rings. The van der Waals surface area contributed by atoms with Crippen molar-refractivity contribution in [2.45, 2.75) is 142 Å². The van der Waals surface area contributed by atoms with Crippen LogP contribution in [0.4, 0.5) is 0 Å². The molecule has 0 spiro atoms. The predicted octanol–water partition coefficient (Wildman–Crippen LogP) is 8.76. The fourth-order valence-electron chi connectivity index (χ4n) is 5.77. The van der Waals surface area contributed by atoms with Crippen LogP contribution < -0.4 is 5.46 Å². The molecule has 1 aromatic rings. The van der Waals surface area contributed by atoms with Gasteiger partial charge in [-0.05, 0) is 40.8 Å². The molecule has 0 fully saturated rings. The van der Waals surface area contributed by atoms with Crippen LogP contribution in [-0.2, 0) is 0 Å². The van der Waals surface area contributed by atoms with Gasteiger partial charge in [-0.3, -0.25) is 14.5 Å². The predicted molar refractivity (Wildman–Crippen MR) is 165 cm³/mol. The SMILES string of the molecule is Bc1ccc(Br)c2c1C(=O)N(CC(CCCCCCCCCC)CCCCCCCCCCCC)C2=O. The number of hydrogen-bond donors (Lipinski definition) is 0. The van der Waals surface area contributed by atoms with Crippen molar-refractivity contribution in [2.24, 2.45) is 5.92 Å². The van der Waals surface area contributed by atoms with Crippen molar-refractivity contribution >= 4 is 41.1 Å². The van der Waals surface area contributed by atoms with Gasteiger partial charge in [-0.1, -0.05) is 141 Å². The molecule has 3 nitrogen and oxygen atoms in total. The van der Waals surface area contributed by atoms with Gasteiger partial charge in [0.15, 0.2) is 0 Å². The summed E-state index contributed by atoms with van der Waals surface area (Å²) in [4.78, 5) is 28.0. The van der Waals surface area contributed by atoms with Gasteiger partial charge in [-0.15, -0.1) is 0 Å². The zero-order valence-corrected chi connectivity index (χ0v) is 25.8. The van der Waals surface area contributed by atoms with Gasteiger partial charge in [-0.25, -0.2) is 0 Å². The molecule has 0 saturated carbocycles. The van der Waals surface area contributed by atoms with Crippen LogP contribution in [0.25, 0.3) is 0 Å². The highest BCUT2D eigenvalue weighted by atomic mass is 79.9. The summed E-state index contributed by atoms with van der Waals surface area (Å²) in [6, 6.07) is 3.82. The number of carbonyl (C=O) groups is 2. The van der Waals surface area contributed by atoms with Crippen LogP contribution in [0.5, 0.6) is 0 Å². The number of nitrogens with zero attached hydrogens (tertiary/aromatic N) is 1. The Hall–Kier alpha value is -1.10. The molecule has 2 rings (SSSR count). The molecule has 208 valence electrons. The molecule has 2 amide bonds. The standard InChI is InChI=1S/C32H53BBrNO2/c1-3-5-7-9-11-13-14-16-18-20-22-26(21-19-17-15-12-10-8-6-4-2)25-35-31(36)29-27(33)23-24-28(34)30(29)32(35)37/h23-24,26H,3-22,25,33H2,1-2H3. The maximum absolute atomic E-state index is 13.2. The lowest BCUT2D eigenvalue weighted by molar-refractivity contribution is 0.0622. The first-order valence-corrected chi connectivity index (χ1v) is 16.5. The summed E-state index contributed by atoms with van der Waals surface area (Å²) in [6.45, 7) is 5.12. The number of unbranched alkanes of at least 4 members (excludes halogenated alkanes) is 16. The Morgan fingerprint density at radius 2 is 1.05 bits per heavy atom. The first-order valence-electron chi connectivity index (χ1n) is 15.7. The second kappa shape index (κ2) is 19.0. The molecule has 0 aromatic heterocycles. The van der Waals surface area contributed by atoms with Crippen LogP contribution in [0.1, 0.15) is 163 Å². The Balaban J connectivity index is 1.81. The average molecular weight is 574 g/mol. The third-order valence-corrected chi connectivity index (χ3v) is 8.81. The van der Waals surface area contributed by atoms with Crippen molar-refractivity contribution in [2.75, 3.05) is 6.54 Å². The molecule has 0 N–H and O–H groups in total. The van der Waals surface area contributed by atoms with Crippen LogP contribution in [0, 0.1) is 5.92 Å². The molecule has 1 aromatic carbocycles. The zero-order valence-electron chi connectivity index (χ0n) is 24.2. The number of hydrogen-bond acceptors (Lipinski definition) is 2. The van der Waals surface area contributed by atoms with Crippen LogP contribution in [0.15, 0.2) is 16.6 Å². The summed E-state index contributed by atoms with van der Waals surface area (Å²) in [6.07, 6.45) is 26.2. The van der Waals surface area contributed by atoms with Gasteiger partial charge in [0.2, 0.25) is 0 Å². The van der Waals surface area contributed by atoms with E-state index in [-0.39, 0.29) is 11.8 Å². The lowest BCUT2D eigenvalue weighted by atomic mass is 9.88. The highest BCUT2D eigenvalue weighted by Crippen LogP contribution is 2.30. The molecule has 0 aliphatic carbocycles. The summed E-state index contributed by atoms with van der Waals surface area (Å²) in [7, 11) is 1.93. The Morgan fingerprint density at radius 1 is 0.649 bits per heavy atom. The zero-order chi connectivity index (χ0) is 26.9. The second-order valence-electron chi connectivity index (χ2n) is 11.4. The minimum atomic E-state index is -0.112. The van der Waals surface area contributed by atoms with E-state index in [0.29, 0.717) is 23.6 Å². The van der Waals surface area contributed by atoms with Crippen molar-refractivity contribution in [3.05, 3.63) is 27.7 Å². The van der Waals surface area contributed by atoms with E-state index in [9.17, 15) is 9.59 Å². The molecule has 1 aliphatic heterocycles. The van der Waals surface area contributed by atoms with Crippen LogP contribution in [0.2, 0.25) is 0 Å². The third-order valence-electron chi connectivity index (χ3n) is 8.15. The third kappa shape index (κ3) is 11.3. The van der Waals surface area contributed by atoms with Crippen LogP contribution >= 0.6 is 15.9 Å². The lowest BCUT2D eigenvalue weighted by Crippen LogP contribution is -2.35. The topological polar surface area (TPSA) is 37.4 Å². The number of halogens is 1. The highest BCUT2D eigenvalue weighted by Gasteiger charge is 2.38. The van der Waals surface area contributed by atoms with Crippen molar-refractivity contribution in [1.29, 1.82) is 0 Å². The van der Waals surface area contributed by atoms with Crippen molar-refractivity contribution in [1.82, 2.24) is 4.90 Å². The Morgan fingerprint density at radius 3 is 1.49 bits per heavy atom. The van der Waals surface area contributed by atoms with E-state index >= 15 is 0 Å². The van der Waals surface area contributed by atoms with E-state index in [1.165, 1.54) is 116 Å². The van der Waals surface area contributed by atoms with Gasteiger partial charge in [0.05, 0.1) is 5.56 Å². The Bertz CT molecular complexity index is 771. The normalized spacial score (nSPS) is 14.0. The van der Waals surface area contributed by atoms with Crippen molar-refractivity contribution in [3.63, 3.8) is 0 Å². The quantitative estimate of drug-likeness (QED) is 0.0789. The highest BCUT2D eigenvalue weighted by molar-refractivity contribution is 9.10. The number of imide groups is 1. The summed E-state index contributed by atoms with van der Waals surface area (Å²) in [5, 5.41) is 0. The molecular weight excluding hydrogens is 521 g/mol. The van der Waals surface area contributed by atoms with Crippen molar-refractivity contribution < 1.29 is 9.59 Å². The fraction of sp³-hybridized carbons (Fsp3) is 0.750. The number of benzene rings is 1. The van der Waals surface area contributed by atoms with Gasteiger partial charge in [-0.2, -0.15) is 0 Å². The van der Waals surface area contributed by atoms with E-state index < -0.39 is 0 Å². The van der Waals surface area contributed by atoms with Crippen molar-refractivity contribution in [3.8, 4) is 0 Å². The number of rotatable bonds is 22. The molecule has 0 radical (unpaired) electrons. The van der Waals surface area contributed by atoms with Gasteiger partial charge < -0.3 is 0 Å². The molecule has 0 bridgehead atoms. The van der Waals surface area contributed by atoms with Gasteiger partial charge in [0, 0.05) is 16.6 Å². The molecule has 1 atom stereocenters. The number of fused-ring (bicyclic) bond motifs is 1. The first-order chi connectivity index (χ1) is 18.0. The molecule has 0 saturated heterocycles. The van der Waals surface area contributed by atoms with Gasteiger partial charge >= 0.3 is 0 Å².